The molecule has 0 saturated carbocycles. The van der Waals surface area contributed by atoms with Gasteiger partial charge in [0.15, 0.2) is 0 Å². The van der Waals surface area contributed by atoms with Gasteiger partial charge in [0.1, 0.15) is 5.75 Å². The fourth-order valence-corrected chi connectivity index (χ4v) is 1.77. The van der Waals surface area contributed by atoms with Gasteiger partial charge in [0.05, 0.1) is 6.21 Å². The number of para-hydroxylation sites is 1. The van der Waals surface area contributed by atoms with Gasteiger partial charge in [-0.2, -0.15) is 5.10 Å². The van der Waals surface area contributed by atoms with Gasteiger partial charge in [-0.05, 0) is 25.0 Å². The first kappa shape index (κ1) is 11.0. The number of hydrogen-bond acceptors (Lipinski definition) is 4. The number of rotatable bonds is 3. The summed E-state index contributed by atoms with van der Waals surface area (Å²) in [6.07, 6.45) is 5.39. The molecule has 0 bridgehead atoms. The van der Waals surface area contributed by atoms with Gasteiger partial charge in [0, 0.05) is 18.7 Å². The Labute approximate surface area is 95.6 Å². The number of benzene rings is 1. The van der Waals surface area contributed by atoms with Gasteiger partial charge in [-0.25, -0.2) is 10.5 Å². The SMILES string of the molecule is Oc1ccccc1/C=N/NN1CCCCC1. The minimum Gasteiger partial charge on any atom is -0.507 e. The molecule has 0 aliphatic carbocycles. The van der Waals surface area contributed by atoms with Crippen molar-refractivity contribution in [1.82, 2.24) is 10.5 Å². The van der Waals surface area contributed by atoms with Crippen LogP contribution in [0.4, 0.5) is 0 Å². The Morgan fingerprint density at radius 1 is 1.19 bits per heavy atom. The molecule has 0 radical (unpaired) electrons. The third-order valence-electron chi connectivity index (χ3n) is 2.70. The maximum absolute atomic E-state index is 9.51. The summed E-state index contributed by atoms with van der Waals surface area (Å²) in [4.78, 5) is 0. The van der Waals surface area contributed by atoms with Crippen molar-refractivity contribution in [3.05, 3.63) is 29.8 Å². The van der Waals surface area contributed by atoms with Crippen molar-refractivity contribution in [2.45, 2.75) is 19.3 Å². The zero-order chi connectivity index (χ0) is 11.2. The van der Waals surface area contributed by atoms with Crippen LogP contribution in [-0.4, -0.2) is 29.4 Å². The number of nitrogens with zero attached hydrogens (tertiary/aromatic N) is 2. The number of nitrogens with one attached hydrogen (secondary N) is 1. The molecule has 1 saturated heterocycles. The Morgan fingerprint density at radius 2 is 1.94 bits per heavy atom. The number of piperidine rings is 1. The minimum absolute atomic E-state index is 0.256. The molecule has 4 heteroatoms. The molecule has 1 aromatic carbocycles. The third-order valence-corrected chi connectivity index (χ3v) is 2.70. The Hall–Kier alpha value is -1.55. The van der Waals surface area contributed by atoms with Gasteiger partial charge in [-0.15, -0.1) is 0 Å². The van der Waals surface area contributed by atoms with Crippen molar-refractivity contribution < 1.29 is 5.11 Å². The van der Waals surface area contributed by atoms with Crippen LogP contribution >= 0.6 is 0 Å². The third kappa shape index (κ3) is 2.97. The Balaban J connectivity index is 1.87. The Bertz CT molecular complexity index is 359. The van der Waals surface area contributed by atoms with Crippen molar-refractivity contribution in [2.75, 3.05) is 13.1 Å². The van der Waals surface area contributed by atoms with Gasteiger partial charge in [-0.1, -0.05) is 18.6 Å². The predicted molar refractivity (Wildman–Crippen MR) is 64.3 cm³/mol. The van der Waals surface area contributed by atoms with E-state index in [-0.39, 0.29) is 5.75 Å². The number of aromatic hydroxyl groups is 1. The fraction of sp³-hybridized carbons (Fsp3) is 0.417. The summed E-state index contributed by atoms with van der Waals surface area (Å²) in [5.41, 5.74) is 3.72. The molecule has 1 heterocycles. The predicted octanol–water partition coefficient (Wildman–Crippen LogP) is 1.72. The van der Waals surface area contributed by atoms with Gasteiger partial charge in [-0.3, -0.25) is 0 Å². The van der Waals surface area contributed by atoms with Crippen molar-refractivity contribution in [2.24, 2.45) is 5.10 Å². The average molecular weight is 219 g/mol. The van der Waals surface area contributed by atoms with E-state index in [9.17, 15) is 5.11 Å². The van der Waals surface area contributed by atoms with E-state index in [1.54, 1.807) is 18.3 Å². The number of hydrazone groups is 1. The highest BCUT2D eigenvalue weighted by atomic mass is 16.3. The van der Waals surface area contributed by atoms with Gasteiger partial charge in [0.25, 0.3) is 0 Å². The van der Waals surface area contributed by atoms with Crippen LogP contribution in [0.2, 0.25) is 0 Å². The van der Waals surface area contributed by atoms with Crippen molar-refractivity contribution in [1.29, 1.82) is 0 Å². The lowest BCUT2D eigenvalue weighted by Gasteiger charge is -2.24. The quantitative estimate of drug-likeness (QED) is 0.601. The highest BCUT2D eigenvalue weighted by molar-refractivity contribution is 5.82. The molecule has 0 spiro atoms. The average Bonchev–Trinajstić information content (AvgIpc) is 2.33. The first-order chi connectivity index (χ1) is 7.86. The number of hydrazine groups is 1. The topological polar surface area (TPSA) is 47.9 Å². The normalized spacial score (nSPS) is 17.8. The zero-order valence-corrected chi connectivity index (χ0v) is 9.26. The van der Waals surface area contributed by atoms with Crippen molar-refractivity contribution >= 4 is 6.21 Å². The summed E-state index contributed by atoms with van der Waals surface area (Å²) in [5.74, 6) is 0.256. The first-order valence-electron chi connectivity index (χ1n) is 5.68. The maximum Gasteiger partial charge on any atom is 0.124 e. The van der Waals surface area contributed by atoms with E-state index in [4.69, 9.17) is 0 Å². The van der Waals surface area contributed by atoms with Crippen LogP contribution in [0, 0.1) is 0 Å². The van der Waals surface area contributed by atoms with E-state index in [0.717, 1.165) is 18.7 Å². The fourth-order valence-electron chi connectivity index (χ4n) is 1.77. The second kappa shape index (κ2) is 5.51. The molecule has 1 aromatic rings. The van der Waals surface area contributed by atoms with Gasteiger partial charge >= 0.3 is 0 Å². The molecule has 0 amide bonds. The summed E-state index contributed by atoms with van der Waals surface area (Å²) in [6, 6.07) is 7.16. The van der Waals surface area contributed by atoms with E-state index >= 15 is 0 Å². The molecule has 0 unspecified atom stereocenters. The van der Waals surface area contributed by atoms with E-state index in [0.29, 0.717) is 0 Å². The van der Waals surface area contributed by atoms with Crippen LogP contribution in [-0.2, 0) is 0 Å². The zero-order valence-electron chi connectivity index (χ0n) is 9.26. The van der Waals surface area contributed by atoms with Crippen LogP contribution in [0.3, 0.4) is 0 Å². The standard InChI is InChI=1S/C12H17N3O/c16-12-7-3-2-6-11(12)10-13-14-15-8-4-1-5-9-15/h2-3,6-7,10,14,16H,1,4-5,8-9H2/b13-10+. The van der Waals surface area contributed by atoms with Gasteiger partial charge in [0.2, 0.25) is 0 Å². The summed E-state index contributed by atoms with van der Waals surface area (Å²) in [7, 11) is 0. The molecule has 1 fully saturated rings. The molecule has 1 aliphatic heterocycles. The highest BCUT2D eigenvalue weighted by Gasteiger charge is 2.07. The minimum atomic E-state index is 0.256. The molecule has 4 nitrogen and oxygen atoms in total. The van der Waals surface area contributed by atoms with Crippen molar-refractivity contribution in [3.8, 4) is 5.75 Å². The smallest absolute Gasteiger partial charge is 0.124 e. The first-order valence-corrected chi connectivity index (χ1v) is 5.68. The summed E-state index contributed by atoms with van der Waals surface area (Å²) in [6.45, 7) is 2.08. The number of phenols is 1. The lowest BCUT2D eigenvalue weighted by atomic mass is 10.2. The largest absolute Gasteiger partial charge is 0.507 e. The molecule has 16 heavy (non-hydrogen) atoms. The Kier molecular flexibility index (Phi) is 3.77. The molecular weight excluding hydrogens is 202 g/mol. The molecule has 2 rings (SSSR count). The van der Waals surface area contributed by atoms with Crippen LogP contribution in [0.5, 0.6) is 5.75 Å². The molecular formula is C12H17N3O. The lowest BCUT2D eigenvalue weighted by molar-refractivity contribution is 0.158. The summed E-state index contributed by atoms with van der Waals surface area (Å²) < 4.78 is 0. The van der Waals surface area contributed by atoms with E-state index in [1.165, 1.54) is 19.3 Å². The van der Waals surface area contributed by atoms with E-state index < -0.39 is 0 Å². The second-order valence-electron chi connectivity index (χ2n) is 3.96. The number of hydrogen-bond donors (Lipinski definition) is 2. The molecule has 0 aromatic heterocycles. The molecule has 0 atom stereocenters. The summed E-state index contributed by atoms with van der Waals surface area (Å²) in [5, 5.41) is 15.7. The van der Waals surface area contributed by atoms with Gasteiger partial charge < -0.3 is 5.11 Å². The Morgan fingerprint density at radius 3 is 2.69 bits per heavy atom. The lowest BCUT2D eigenvalue weighted by Crippen LogP contribution is -2.38. The highest BCUT2D eigenvalue weighted by Crippen LogP contribution is 2.12. The molecule has 86 valence electrons. The van der Waals surface area contributed by atoms with E-state index in [1.807, 2.05) is 12.1 Å². The molecule has 1 aliphatic rings. The van der Waals surface area contributed by atoms with Crippen molar-refractivity contribution in [3.63, 3.8) is 0 Å². The van der Waals surface area contributed by atoms with Crippen LogP contribution in [0.25, 0.3) is 0 Å². The monoisotopic (exact) mass is 219 g/mol. The van der Waals surface area contributed by atoms with Crippen LogP contribution < -0.4 is 5.53 Å². The van der Waals surface area contributed by atoms with Crippen LogP contribution in [0.1, 0.15) is 24.8 Å². The second-order valence-corrected chi connectivity index (χ2v) is 3.96. The summed E-state index contributed by atoms with van der Waals surface area (Å²) >= 11 is 0. The maximum atomic E-state index is 9.51. The molecule has 2 N–H and O–H groups in total. The van der Waals surface area contributed by atoms with E-state index in [2.05, 4.69) is 15.6 Å². The van der Waals surface area contributed by atoms with Crippen LogP contribution in [0.15, 0.2) is 29.4 Å². The number of phenolic OH excluding ortho intramolecular Hbond substituents is 1.